The highest BCUT2D eigenvalue weighted by atomic mass is 16.5. The first-order valence-electron chi connectivity index (χ1n) is 14.9. The molecule has 40 heavy (non-hydrogen) atoms. The zero-order chi connectivity index (χ0) is 28.0. The van der Waals surface area contributed by atoms with Crippen molar-refractivity contribution in [3.8, 4) is 0 Å². The fourth-order valence-corrected chi connectivity index (χ4v) is 6.45. The fraction of sp³-hybridized carbons (Fsp3) is 0.457. The van der Waals surface area contributed by atoms with E-state index in [1.807, 2.05) is 41.3 Å². The van der Waals surface area contributed by atoms with Gasteiger partial charge < -0.3 is 9.64 Å². The molecule has 0 saturated carbocycles. The SMILES string of the molecule is CC(C)(C)N1CCN(C(c2ccccc2)C2CCN(C(=O)COC(c3ccccc3)c3ccccc3)CC2)CC1. The van der Waals surface area contributed by atoms with E-state index in [0.29, 0.717) is 12.0 Å². The summed E-state index contributed by atoms with van der Waals surface area (Å²) >= 11 is 0. The summed E-state index contributed by atoms with van der Waals surface area (Å²) in [6, 6.07) is 31.8. The largest absolute Gasteiger partial charge is 0.359 e. The number of piperidine rings is 1. The summed E-state index contributed by atoms with van der Waals surface area (Å²) in [5.41, 5.74) is 3.76. The summed E-state index contributed by atoms with van der Waals surface area (Å²) in [7, 11) is 0. The van der Waals surface area contributed by atoms with Crippen molar-refractivity contribution in [2.45, 2.75) is 51.3 Å². The number of benzene rings is 3. The van der Waals surface area contributed by atoms with E-state index in [0.717, 1.165) is 63.2 Å². The van der Waals surface area contributed by atoms with E-state index in [9.17, 15) is 4.79 Å². The molecule has 2 heterocycles. The highest BCUT2D eigenvalue weighted by Crippen LogP contribution is 2.37. The first-order chi connectivity index (χ1) is 19.4. The second kappa shape index (κ2) is 13.1. The van der Waals surface area contributed by atoms with E-state index in [-0.39, 0.29) is 24.2 Å². The van der Waals surface area contributed by atoms with Crippen LogP contribution in [-0.4, -0.2) is 72.0 Å². The van der Waals surface area contributed by atoms with Crippen LogP contribution in [0.15, 0.2) is 91.0 Å². The number of likely N-dealkylation sites (tertiary alicyclic amines) is 1. The summed E-state index contributed by atoms with van der Waals surface area (Å²) in [4.78, 5) is 20.6. The van der Waals surface area contributed by atoms with E-state index < -0.39 is 0 Å². The Morgan fingerprint density at radius 2 is 1.20 bits per heavy atom. The zero-order valence-corrected chi connectivity index (χ0v) is 24.4. The maximum absolute atomic E-state index is 13.3. The smallest absolute Gasteiger partial charge is 0.248 e. The molecule has 5 nitrogen and oxygen atoms in total. The van der Waals surface area contributed by atoms with E-state index in [1.165, 1.54) is 5.56 Å². The first-order valence-corrected chi connectivity index (χ1v) is 14.9. The van der Waals surface area contributed by atoms with E-state index in [4.69, 9.17) is 4.74 Å². The third kappa shape index (κ3) is 7.01. The molecule has 2 saturated heterocycles. The van der Waals surface area contributed by atoms with Gasteiger partial charge in [0.05, 0.1) is 0 Å². The number of hydrogen-bond donors (Lipinski definition) is 0. The van der Waals surface area contributed by atoms with Gasteiger partial charge in [-0.25, -0.2) is 0 Å². The fourth-order valence-electron chi connectivity index (χ4n) is 6.45. The number of piperazine rings is 1. The van der Waals surface area contributed by atoms with Gasteiger partial charge in [-0.1, -0.05) is 91.0 Å². The Morgan fingerprint density at radius 3 is 1.68 bits per heavy atom. The monoisotopic (exact) mass is 539 g/mol. The van der Waals surface area contributed by atoms with E-state index in [1.54, 1.807) is 0 Å². The standard InChI is InChI=1S/C35H45N3O2/c1-35(2,3)38-25-23-37(24-26-38)33(28-13-7-4-8-14-28)29-19-21-36(22-20-29)32(39)27-40-34(30-15-9-5-10-16-30)31-17-11-6-12-18-31/h4-18,29,33-34H,19-27H2,1-3H3. The molecule has 3 aromatic carbocycles. The van der Waals surface area contributed by atoms with Crippen molar-refractivity contribution in [1.29, 1.82) is 0 Å². The second-order valence-electron chi connectivity index (χ2n) is 12.3. The van der Waals surface area contributed by atoms with Gasteiger partial charge in [0, 0.05) is 50.8 Å². The van der Waals surface area contributed by atoms with Crippen molar-refractivity contribution in [1.82, 2.24) is 14.7 Å². The lowest BCUT2D eigenvalue weighted by atomic mass is 9.84. The highest BCUT2D eigenvalue weighted by molar-refractivity contribution is 5.77. The lowest BCUT2D eigenvalue weighted by Gasteiger charge is -2.47. The molecule has 3 aromatic rings. The van der Waals surface area contributed by atoms with Gasteiger partial charge in [-0.15, -0.1) is 0 Å². The molecule has 2 fully saturated rings. The third-order valence-electron chi connectivity index (χ3n) is 8.71. The van der Waals surface area contributed by atoms with Gasteiger partial charge in [-0.3, -0.25) is 14.6 Å². The van der Waals surface area contributed by atoms with Crippen LogP contribution >= 0.6 is 0 Å². The van der Waals surface area contributed by atoms with Crippen LogP contribution in [0.1, 0.15) is 62.4 Å². The summed E-state index contributed by atoms with van der Waals surface area (Å²) in [5.74, 6) is 0.625. The molecular formula is C35H45N3O2. The van der Waals surface area contributed by atoms with Gasteiger partial charge in [-0.2, -0.15) is 0 Å². The van der Waals surface area contributed by atoms with Crippen molar-refractivity contribution in [3.63, 3.8) is 0 Å². The minimum atomic E-state index is -0.252. The Hall–Kier alpha value is -2.99. The Morgan fingerprint density at radius 1 is 0.725 bits per heavy atom. The summed E-state index contributed by atoms with van der Waals surface area (Å²) < 4.78 is 6.30. The van der Waals surface area contributed by atoms with Gasteiger partial charge in [0.1, 0.15) is 12.7 Å². The first kappa shape index (κ1) is 28.5. The maximum atomic E-state index is 13.3. The van der Waals surface area contributed by atoms with Crippen LogP contribution in [0.3, 0.4) is 0 Å². The van der Waals surface area contributed by atoms with Crippen molar-refractivity contribution in [2.75, 3.05) is 45.9 Å². The second-order valence-corrected chi connectivity index (χ2v) is 12.3. The van der Waals surface area contributed by atoms with Crippen LogP contribution in [0.25, 0.3) is 0 Å². The number of amides is 1. The van der Waals surface area contributed by atoms with E-state index in [2.05, 4.69) is 85.2 Å². The Labute approximate surface area is 240 Å². The average Bonchev–Trinajstić information content (AvgIpc) is 2.99. The molecule has 1 atom stereocenters. The molecular weight excluding hydrogens is 494 g/mol. The lowest BCUT2D eigenvalue weighted by Crippen LogP contribution is -2.55. The van der Waals surface area contributed by atoms with Crippen LogP contribution < -0.4 is 0 Å². The summed E-state index contributed by atoms with van der Waals surface area (Å²) in [6.45, 7) is 13.0. The summed E-state index contributed by atoms with van der Waals surface area (Å²) in [6.07, 6.45) is 1.79. The molecule has 0 spiro atoms. The number of ether oxygens (including phenoxy) is 1. The van der Waals surface area contributed by atoms with Crippen LogP contribution in [0.2, 0.25) is 0 Å². The van der Waals surface area contributed by atoms with Gasteiger partial charge in [0.2, 0.25) is 5.91 Å². The van der Waals surface area contributed by atoms with Crippen molar-refractivity contribution < 1.29 is 9.53 Å². The number of hydrogen-bond acceptors (Lipinski definition) is 4. The third-order valence-corrected chi connectivity index (χ3v) is 8.71. The Bertz CT molecular complexity index is 1140. The Kier molecular flexibility index (Phi) is 9.36. The minimum absolute atomic E-state index is 0.0883. The van der Waals surface area contributed by atoms with Gasteiger partial charge in [0.25, 0.3) is 0 Å². The molecule has 0 aromatic heterocycles. The number of carbonyl (C=O) groups excluding carboxylic acids is 1. The molecule has 212 valence electrons. The predicted octanol–water partition coefficient (Wildman–Crippen LogP) is 6.19. The molecule has 1 amide bonds. The molecule has 0 N–H and O–H groups in total. The quantitative estimate of drug-likeness (QED) is 0.342. The molecule has 5 rings (SSSR count). The molecule has 0 aliphatic carbocycles. The molecule has 0 bridgehead atoms. The zero-order valence-electron chi connectivity index (χ0n) is 24.4. The van der Waals surface area contributed by atoms with Gasteiger partial charge >= 0.3 is 0 Å². The van der Waals surface area contributed by atoms with Crippen LogP contribution in [0, 0.1) is 5.92 Å². The van der Waals surface area contributed by atoms with Crippen molar-refractivity contribution >= 4 is 5.91 Å². The number of nitrogens with zero attached hydrogens (tertiary/aromatic N) is 3. The van der Waals surface area contributed by atoms with Gasteiger partial charge in [-0.05, 0) is 56.2 Å². The maximum Gasteiger partial charge on any atom is 0.248 e. The minimum Gasteiger partial charge on any atom is -0.359 e. The summed E-state index contributed by atoms with van der Waals surface area (Å²) in [5, 5.41) is 0. The number of carbonyl (C=O) groups is 1. The molecule has 2 aliphatic heterocycles. The average molecular weight is 540 g/mol. The molecule has 5 heteroatoms. The molecule has 2 aliphatic rings. The molecule has 0 radical (unpaired) electrons. The van der Waals surface area contributed by atoms with Crippen LogP contribution in [0.5, 0.6) is 0 Å². The Balaban J connectivity index is 1.21. The number of rotatable bonds is 8. The van der Waals surface area contributed by atoms with Crippen molar-refractivity contribution in [2.24, 2.45) is 5.92 Å². The van der Waals surface area contributed by atoms with Crippen LogP contribution in [0.4, 0.5) is 0 Å². The highest BCUT2D eigenvalue weighted by Gasteiger charge is 2.36. The topological polar surface area (TPSA) is 36.0 Å². The van der Waals surface area contributed by atoms with Crippen LogP contribution in [-0.2, 0) is 9.53 Å². The normalized spacial score (nSPS) is 18.6. The lowest BCUT2D eigenvalue weighted by molar-refractivity contribution is -0.139. The molecule has 1 unspecified atom stereocenters. The van der Waals surface area contributed by atoms with E-state index >= 15 is 0 Å². The predicted molar refractivity (Wildman–Crippen MR) is 162 cm³/mol. The van der Waals surface area contributed by atoms with Crippen molar-refractivity contribution in [3.05, 3.63) is 108 Å². The van der Waals surface area contributed by atoms with Gasteiger partial charge in [0.15, 0.2) is 0 Å².